The first-order valence-corrected chi connectivity index (χ1v) is 10.8. The van der Waals surface area contributed by atoms with Gasteiger partial charge >= 0.3 is 0 Å². The van der Waals surface area contributed by atoms with Crippen LogP contribution in [0.5, 0.6) is 0 Å². The van der Waals surface area contributed by atoms with Crippen LogP contribution in [-0.2, 0) is 22.0 Å². The molecule has 1 aromatic rings. The number of hydrogen-bond acceptors (Lipinski definition) is 2. The molecule has 2 heteroatoms. The van der Waals surface area contributed by atoms with Crippen LogP contribution in [-0.4, -0.2) is 5.97 Å². The van der Waals surface area contributed by atoms with E-state index in [-0.39, 0.29) is 10.8 Å². The highest BCUT2D eigenvalue weighted by molar-refractivity contribution is 5.79. The first-order valence-electron chi connectivity index (χ1n) is 10.8. The van der Waals surface area contributed by atoms with Gasteiger partial charge in [0, 0.05) is 5.56 Å². The maximum atomic E-state index is 10.6. The fourth-order valence-electron chi connectivity index (χ4n) is 4.07. The number of rotatable bonds is 6. The van der Waals surface area contributed by atoms with Gasteiger partial charge in [0.25, 0.3) is 0 Å². The summed E-state index contributed by atoms with van der Waals surface area (Å²) in [7, 11) is 0. The summed E-state index contributed by atoms with van der Waals surface area (Å²) >= 11 is 0. The van der Waals surface area contributed by atoms with Crippen LogP contribution in [0.1, 0.15) is 95.9 Å². The van der Waals surface area contributed by atoms with E-state index in [1.165, 1.54) is 48.8 Å². The molecule has 1 aromatic carbocycles. The highest BCUT2D eigenvalue weighted by atomic mass is 16.4. The molecule has 0 bridgehead atoms. The highest BCUT2D eigenvalue weighted by Crippen LogP contribution is 2.46. The van der Waals surface area contributed by atoms with E-state index in [1.54, 1.807) is 19.1 Å². The van der Waals surface area contributed by atoms with E-state index in [0.717, 1.165) is 18.1 Å². The van der Waals surface area contributed by atoms with Crippen molar-refractivity contribution in [3.05, 3.63) is 58.2 Å². The molecule has 2 rings (SSSR count). The van der Waals surface area contributed by atoms with Crippen molar-refractivity contribution < 1.29 is 9.90 Å². The van der Waals surface area contributed by atoms with E-state index >= 15 is 0 Å². The average molecular weight is 392 g/mol. The summed E-state index contributed by atoms with van der Waals surface area (Å²) in [5.74, 6) is 5.26. The number of fused-ring (bicyclic) bond motifs is 1. The number of benzene rings is 1. The third kappa shape index (κ3) is 6.10. The molecule has 0 N–H and O–H groups in total. The van der Waals surface area contributed by atoms with Gasteiger partial charge in [0.05, 0.1) is 5.97 Å². The van der Waals surface area contributed by atoms with Crippen LogP contribution in [0.2, 0.25) is 0 Å². The van der Waals surface area contributed by atoms with Gasteiger partial charge < -0.3 is 9.90 Å². The molecular formula is C27H35O2-. The summed E-state index contributed by atoms with van der Waals surface area (Å²) < 4.78 is 0. The van der Waals surface area contributed by atoms with Crippen molar-refractivity contribution in [3.8, 4) is 11.8 Å². The Labute approximate surface area is 177 Å². The number of unbranched alkanes of at least 4 members (excludes halogenated alkanes) is 2. The summed E-state index contributed by atoms with van der Waals surface area (Å²) in [6, 6.07) is 4.74. The molecule has 0 saturated carbocycles. The number of carboxylic acids is 1. The Hall–Kier alpha value is -2.27. The molecule has 2 nitrogen and oxygen atoms in total. The second-order valence-corrected chi connectivity index (χ2v) is 9.59. The minimum atomic E-state index is -1.18. The van der Waals surface area contributed by atoms with Crippen LogP contribution in [0.3, 0.4) is 0 Å². The van der Waals surface area contributed by atoms with E-state index in [9.17, 15) is 9.90 Å². The van der Waals surface area contributed by atoms with E-state index in [1.807, 2.05) is 0 Å². The minimum absolute atomic E-state index is 0.160. The van der Waals surface area contributed by atoms with Crippen molar-refractivity contribution in [2.75, 3.05) is 0 Å². The van der Waals surface area contributed by atoms with Gasteiger partial charge in [-0.3, -0.25) is 0 Å². The normalized spacial score (nSPS) is 17.5. The first kappa shape index (κ1) is 23.0. The van der Waals surface area contributed by atoms with Crippen molar-refractivity contribution in [1.29, 1.82) is 0 Å². The van der Waals surface area contributed by atoms with E-state index in [2.05, 4.69) is 58.6 Å². The summed E-state index contributed by atoms with van der Waals surface area (Å²) in [6.07, 6.45) is 11.6. The lowest BCUT2D eigenvalue weighted by Gasteiger charge is -2.42. The molecule has 0 unspecified atom stereocenters. The molecule has 0 heterocycles. The number of aliphatic carboxylic acids is 1. The summed E-state index contributed by atoms with van der Waals surface area (Å²) in [5, 5.41) is 10.6. The van der Waals surface area contributed by atoms with Gasteiger partial charge in [0.2, 0.25) is 0 Å². The van der Waals surface area contributed by atoms with Crippen LogP contribution >= 0.6 is 0 Å². The fourth-order valence-corrected chi connectivity index (χ4v) is 4.07. The zero-order valence-electron chi connectivity index (χ0n) is 18.9. The molecule has 1 aliphatic rings. The molecule has 0 aromatic heterocycles. The van der Waals surface area contributed by atoms with Crippen molar-refractivity contribution >= 4 is 5.97 Å². The van der Waals surface area contributed by atoms with E-state index in [0.29, 0.717) is 5.57 Å². The molecule has 0 aliphatic heterocycles. The zero-order chi connectivity index (χ0) is 21.7. The van der Waals surface area contributed by atoms with Gasteiger partial charge in [-0.1, -0.05) is 71.4 Å². The van der Waals surface area contributed by atoms with E-state index < -0.39 is 5.97 Å². The van der Waals surface area contributed by atoms with Gasteiger partial charge in [-0.2, -0.15) is 0 Å². The molecule has 156 valence electrons. The predicted molar refractivity (Wildman–Crippen MR) is 120 cm³/mol. The first-order chi connectivity index (χ1) is 13.6. The topological polar surface area (TPSA) is 40.1 Å². The molecule has 0 spiro atoms. The van der Waals surface area contributed by atoms with Gasteiger partial charge in [-0.25, -0.2) is 0 Å². The lowest BCUT2D eigenvalue weighted by atomic mass is 9.62. The Morgan fingerprint density at radius 3 is 2.31 bits per heavy atom. The Bertz CT molecular complexity index is 870. The maximum Gasteiger partial charge on any atom is 0.0645 e. The van der Waals surface area contributed by atoms with Crippen LogP contribution in [0, 0.1) is 11.8 Å². The molecular weight excluding hydrogens is 356 g/mol. The molecule has 0 atom stereocenters. The second-order valence-electron chi connectivity index (χ2n) is 9.59. The van der Waals surface area contributed by atoms with Crippen molar-refractivity contribution in [1.82, 2.24) is 0 Å². The monoisotopic (exact) mass is 391 g/mol. The van der Waals surface area contributed by atoms with Gasteiger partial charge in [0.15, 0.2) is 0 Å². The van der Waals surface area contributed by atoms with Crippen LogP contribution < -0.4 is 5.11 Å². The van der Waals surface area contributed by atoms with Crippen LogP contribution in [0.25, 0.3) is 0 Å². The molecule has 1 aliphatic carbocycles. The average Bonchev–Trinajstić information content (AvgIpc) is 2.62. The minimum Gasteiger partial charge on any atom is -0.545 e. The second kappa shape index (κ2) is 9.49. The maximum absolute atomic E-state index is 10.6. The smallest absolute Gasteiger partial charge is 0.0645 e. The van der Waals surface area contributed by atoms with Crippen molar-refractivity contribution in [2.24, 2.45) is 0 Å². The number of hydrogen-bond donors (Lipinski definition) is 0. The number of carbonyl (C=O) groups is 1. The van der Waals surface area contributed by atoms with E-state index in [4.69, 9.17) is 0 Å². The number of carbonyl (C=O) groups excluding carboxylic acids is 1. The molecule has 0 fully saturated rings. The van der Waals surface area contributed by atoms with Crippen LogP contribution in [0.15, 0.2) is 35.9 Å². The predicted octanol–water partition coefficient (Wildman–Crippen LogP) is 5.37. The summed E-state index contributed by atoms with van der Waals surface area (Å²) in [4.78, 5) is 10.6. The van der Waals surface area contributed by atoms with Crippen molar-refractivity contribution in [3.63, 3.8) is 0 Å². The lowest BCUT2D eigenvalue weighted by molar-refractivity contribution is -0.297. The van der Waals surface area contributed by atoms with Gasteiger partial charge in [-0.15, -0.1) is 0 Å². The fraction of sp³-hybridized carbons (Fsp3) is 0.519. The molecule has 0 amide bonds. The van der Waals surface area contributed by atoms with Crippen molar-refractivity contribution in [2.45, 2.75) is 90.9 Å². The molecule has 0 radical (unpaired) electrons. The highest BCUT2D eigenvalue weighted by Gasteiger charge is 2.37. The number of carboxylic acid groups (broad SMARTS) is 1. The third-order valence-corrected chi connectivity index (χ3v) is 6.11. The largest absolute Gasteiger partial charge is 0.545 e. The third-order valence-electron chi connectivity index (χ3n) is 6.11. The summed E-state index contributed by atoms with van der Waals surface area (Å²) in [6.45, 7) is 13.3. The number of aryl methyl sites for hydroxylation is 1. The standard InChI is InChI=1S/C27H36O2/c1-7-8-9-13-21-18-23-24(27(5,6)16-15-26(23,3)4)19-22(21)14-11-10-12-20(2)17-25(28)29/h10,12,17-19H,7-9,13,15-16H2,1-6H3,(H,28,29)/p-1/b12-10+,20-17+. The Morgan fingerprint density at radius 1 is 1.10 bits per heavy atom. The molecule has 0 saturated heterocycles. The Kier molecular flexibility index (Phi) is 7.53. The lowest BCUT2D eigenvalue weighted by Crippen LogP contribution is -2.34. The number of allylic oxidation sites excluding steroid dienone is 3. The summed E-state index contributed by atoms with van der Waals surface area (Å²) in [5.41, 5.74) is 6.33. The van der Waals surface area contributed by atoms with Crippen LogP contribution in [0.4, 0.5) is 0 Å². The van der Waals surface area contributed by atoms with Gasteiger partial charge in [0.1, 0.15) is 0 Å². The quantitative estimate of drug-likeness (QED) is 0.283. The van der Waals surface area contributed by atoms with Gasteiger partial charge in [-0.05, 0) is 83.9 Å². The Balaban J connectivity index is 2.46. The molecule has 29 heavy (non-hydrogen) atoms. The SMILES string of the molecule is CCCCCc1cc2c(cc1C#C/C=C/C(C)=C/C(=O)[O-])C(C)(C)CCC2(C)C. The Morgan fingerprint density at radius 2 is 1.72 bits per heavy atom. The zero-order valence-corrected chi connectivity index (χ0v) is 18.9.